The summed E-state index contributed by atoms with van der Waals surface area (Å²) in [4.78, 5) is 19.5. The average Bonchev–Trinajstić information content (AvgIpc) is 3.13. The first kappa shape index (κ1) is 16.8. The van der Waals surface area contributed by atoms with Crippen LogP contribution >= 0.6 is 0 Å². The normalized spacial score (nSPS) is 15.0. The monoisotopic (exact) mass is 347 g/mol. The number of pyridine rings is 1. The zero-order chi connectivity index (χ0) is 18.3. The number of carbonyl (C=O) groups is 1. The molecule has 1 N–H and O–H groups in total. The summed E-state index contributed by atoms with van der Waals surface area (Å²) in [5.41, 5.74) is 3.53. The topological polar surface area (TPSA) is 45.2 Å². The molecule has 2 heterocycles. The Hall–Kier alpha value is -2.62. The lowest BCUT2D eigenvalue weighted by molar-refractivity contribution is -0.123. The number of hydrogen-bond acceptors (Lipinski definition) is 3. The van der Waals surface area contributed by atoms with Gasteiger partial charge < -0.3 is 10.2 Å². The third kappa shape index (κ3) is 3.24. The van der Waals surface area contributed by atoms with Crippen LogP contribution in [-0.2, 0) is 4.79 Å². The molecule has 1 saturated heterocycles. The van der Waals surface area contributed by atoms with E-state index in [1.165, 1.54) is 18.5 Å². The molecule has 1 aliphatic rings. The number of carbonyl (C=O) groups excluding carboxylic acids is 1. The number of nitrogens with one attached hydrogen (secondary N) is 1. The van der Waals surface area contributed by atoms with Crippen LogP contribution in [0.15, 0.2) is 42.5 Å². The van der Waals surface area contributed by atoms with Gasteiger partial charge in [-0.05, 0) is 43.2 Å². The van der Waals surface area contributed by atoms with Crippen molar-refractivity contribution >= 4 is 39.1 Å². The highest BCUT2D eigenvalue weighted by molar-refractivity contribution is 5.99. The van der Waals surface area contributed by atoms with Crippen LogP contribution in [0.25, 0.3) is 21.8 Å². The number of benzene rings is 2. The minimum absolute atomic E-state index is 0.00830. The molecule has 1 fully saturated rings. The van der Waals surface area contributed by atoms with E-state index in [0.29, 0.717) is 0 Å². The number of amides is 1. The molecule has 134 valence electrons. The van der Waals surface area contributed by atoms with Gasteiger partial charge in [0.15, 0.2) is 0 Å². The van der Waals surface area contributed by atoms with Crippen molar-refractivity contribution in [1.82, 2.24) is 4.98 Å². The zero-order valence-electron chi connectivity index (χ0n) is 15.7. The molecule has 0 bridgehead atoms. The second kappa shape index (κ2) is 6.27. The van der Waals surface area contributed by atoms with E-state index < -0.39 is 5.41 Å². The van der Waals surface area contributed by atoms with Crippen LogP contribution < -0.4 is 10.2 Å². The Morgan fingerprint density at radius 1 is 0.962 bits per heavy atom. The summed E-state index contributed by atoms with van der Waals surface area (Å²) in [5.74, 6) is 0.00830. The molecule has 1 amide bonds. The van der Waals surface area contributed by atoms with Crippen molar-refractivity contribution in [3.8, 4) is 0 Å². The largest absolute Gasteiger partial charge is 0.371 e. The Bertz CT molecular complexity index is 982. The highest BCUT2D eigenvalue weighted by atomic mass is 16.2. The first-order valence-corrected chi connectivity index (χ1v) is 9.31. The summed E-state index contributed by atoms with van der Waals surface area (Å²) in [6, 6.07) is 14.6. The molecular formula is C22H25N3O. The van der Waals surface area contributed by atoms with Crippen LogP contribution in [0, 0.1) is 5.41 Å². The lowest BCUT2D eigenvalue weighted by Gasteiger charge is -2.18. The van der Waals surface area contributed by atoms with Gasteiger partial charge in [0.05, 0.1) is 11.0 Å². The summed E-state index contributed by atoms with van der Waals surface area (Å²) in [6.07, 6.45) is 2.53. The maximum absolute atomic E-state index is 12.2. The zero-order valence-corrected chi connectivity index (χ0v) is 15.7. The van der Waals surface area contributed by atoms with E-state index in [1.807, 2.05) is 39.0 Å². The van der Waals surface area contributed by atoms with Crippen LogP contribution in [0.1, 0.15) is 33.6 Å². The van der Waals surface area contributed by atoms with Crippen LogP contribution in [0.5, 0.6) is 0 Å². The number of rotatable bonds is 2. The quantitative estimate of drug-likeness (QED) is 0.666. The van der Waals surface area contributed by atoms with Gasteiger partial charge in [-0.3, -0.25) is 4.79 Å². The molecule has 0 atom stereocenters. The predicted octanol–water partition coefficient (Wildman–Crippen LogP) is 4.97. The third-order valence-corrected chi connectivity index (χ3v) is 5.01. The van der Waals surface area contributed by atoms with Crippen molar-refractivity contribution in [2.45, 2.75) is 33.6 Å². The lowest BCUT2D eigenvalue weighted by atomic mass is 9.95. The molecule has 1 aromatic heterocycles. The van der Waals surface area contributed by atoms with Gasteiger partial charge in [0.2, 0.25) is 5.91 Å². The van der Waals surface area contributed by atoms with Crippen molar-refractivity contribution in [2.24, 2.45) is 5.41 Å². The Labute approximate surface area is 154 Å². The Balaban J connectivity index is 1.71. The highest BCUT2D eigenvalue weighted by Crippen LogP contribution is 2.28. The maximum Gasteiger partial charge on any atom is 0.229 e. The molecule has 26 heavy (non-hydrogen) atoms. The minimum atomic E-state index is -0.420. The second-order valence-corrected chi connectivity index (χ2v) is 8.17. The summed E-state index contributed by atoms with van der Waals surface area (Å²) in [7, 11) is 0. The SMILES string of the molecule is CC(C)(C)C(=O)Nc1ccc2cc3ccc(N4CCCC4)cc3nc2c1. The van der Waals surface area contributed by atoms with Gasteiger partial charge in [-0.1, -0.05) is 32.9 Å². The lowest BCUT2D eigenvalue weighted by Crippen LogP contribution is -2.27. The smallest absolute Gasteiger partial charge is 0.229 e. The van der Waals surface area contributed by atoms with Crippen LogP contribution in [0.3, 0.4) is 0 Å². The molecule has 2 aromatic carbocycles. The molecule has 0 unspecified atom stereocenters. The van der Waals surface area contributed by atoms with E-state index in [1.54, 1.807) is 0 Å². The number of anilines is 2. The van der Waals surface area contributed by atoms with Crippen LogP contribution in [0.4, 0.5) is 11.4 Å². The fraction of sp³-hybridized carbons (Fsp3) is 0.364. The van der Waals surface area contributed by atoms with Crippen molar-refractivity contribution < 1.29 is 4.79 Å². The Morgan fingerprint density at radius 3 is 2.31 bits per heavy atom. The number of aromatic nitrogens is 1. The molecule has 0 radical (unpaired) electrons. The Kier molecular flexibility index (Phi) is 4.06. The fourth-order valence-electron chi connectivity index (χ4n) is 3.38. The minimum Gasteiger partial charge on any atom is -0.371 e. The van der Waals surface area contributed by atoms with Gasteiger partial charge in [0.1, 0.15) is 0 Å². The van der Waals surface area contributed by atoms with Crippen molar-refractivity contribution in [1.29, 1.82) is 0 Å². The van der Waals surface area contributed by atoms with E-state index >= 15 is 0 Å². The standard InChI is InChI=1S/C22H25N3O/c1-22(2,3)21(26)23-17-8-6-15-12-16-7-9-18(25-10-4-5-11-25)14-20(16)24-19(15)13-17/h6-9,12-14H,4-5,10-11H2,1-3H3,(H,23,26). The van der Waals surface area contributed by atoms with Gasteiger partial charge in [-0.25, -0.2) is 4.98 Å². The highest BCUT2D eigenvalue weighted by Gasteiger charge is 2.21. The van der Waals surface area contributed by atoms with Crippen LogP contribution in [-0.4, -0.2) is 24.0 Å². The first-order valence-electron chi connectivity index (χ1n) is 9.31. The third-order valence-electron chi connectivity index (χ3n) is 5.01. The number of hydrogen-bond donors (Lipinski definition) is 1. The van der Waals surface area contributed by atoms with E-state index in [9.17, 15) is 4.79 Å². The van der Waals surface area contributed by atoms with E-state index in [4.69, 9.17) is 4.98 Å². The van der Waals surface area contributed by atoms with E-state index in [0.717, 1.165) is 40.6 Å². The summed E-state index contributed by atoms with van der Waals surface area (Å²) < 4.78 is 0. The van der Waals surface area contributed by atoms with Crippen LogP contribution in [0.2, 0.25) is 0 Å². The van der Waals surface area contributed by atoms with Crippen molar-refractivity contribution in [3.05, 3.63) is 42.5 Å². The second-order valence-electron chi connectivity index (χ2n) is 8.17. The van der Waals surface area contributed by atoms with Crippen molar-refractivity contribution in [2.75, 3.05) is 23.3 Å². The molecule has 0 aliphatic carbocycles. The van der Waals surface area contributed by atoms with Gasteiger partial charge in [0.25, 0.3) is 0 Å². The molecular weight excluding hydrogens is 322 g/mol. The summed E-state index contributed by atoms with van der Waals surface area (Å²) >= 11 is 0. The molecule has 0 spiro atoms. The number of fused-ring (bicyclic) bond motifs is 2. The molecule has 0 saturated carbocycles. The predicted molar refractivity (Wildman–Crippen MR) is 109 cm³/mol. The van der Waals surface area contributed by atoms with Gasteiger partial charge in [-0.2, -0.15) is 0 Å². The molecule has 3 aromatic rings. The maximum atomic E-state index is 12.2. The molecule has 4 heteroatoms. The summed E-state index contributed by atoms with van der Waals surface area (Å²) in [5, 5.41) is 5.22. The summed E-state index contributed by atoms with van der Waals surface area (Å²) in [6.45, 7) is 7.99. The van der Waals surface area contributed by atoms with E-state index in [2.05, 4.69) is 34.5 Å². The molecule has 1 aliphatic heterocycles. The van der Waals surface area contributed by atoms with Crippen molar-refractivity contribution in [3.63, 3.8) is 0 Å². The molecule has 4 rings (SSSR count). The molecule has 4 nitrogen and oxygen atoms in total. The first-order chi connectivity index (χ1) is 12.4. The average molecular weight is 347 g/mol. The van der Waals surface area contributed by atoms with Gasteiger partial charge >= 0.3 is 0 Å². The van der Waals surface area contributed by atoms with E-state index in [-0.39, 0.29) is 5.91 Å². The van der Waals surface area contributed by atoms with Gasteiger partial charge in [0, 0.05) is 40.7 Å². The number of nitrogens with zero attached hydrogens (tertiary/aromatic N) is 2. The Morgan fingerprint density at radius 2 is 1.62 bits per heavy atom. The fourth-order valence-corrected chi connectivity index (χ4v) is 3.38. The van der Waals surface area contributed by atoms with Gasteiger partial charge in [-0.15, -0.1) is 0 Å².